The fourth-order valence-corrected chi connectivity index (χ4v) is 7.38. The number of hydrogen-bond donors (Lipinski definition) is 2. The van der Waals surface area contributed by atoms with Crippen LogP contribution in [-0.4, -0.2) is 106 Å². The smallest absolute Gasteiger partial charge is 0.475 e. The summed E-state index contributed by atoms with van der Waals surface area (Å²) in [6.07, 6.45) is -5.35. The third kappa shape index (κ3) is 12.3. The number of aromatic nitrogens is 4. The van der Waals surface area contributed by atoms with Gasteiger partial charge in [-0.2, -0.15) is 13.2 Å². The second kappa shape index (κ2) is 19.9. The van der Waals surface area contributed by atoms with Gasteiger partial charge >= 0.3 is 18.2 Å². The Kier molecular flexibility index (Phi) is 14.9. The lowest BCUT2D eigenvalue weighted by molar-refractivity contribution is -0.192. The monoisotopic (exact) mass is 930 g/mol. The normalized spacial score (nSPS) is 14.5. The van der Waals surface area contributed by atoms with Crippen LogP contribution in [0, 0.1) is 0 Å². The summed E-state index contributed by atoms with van der Waals surface area (Å²) < 4.78 is 37.2. The standard InChI is InChI=1S/C23H24Cl2N4O2.C18H16Cl2N4.C2HF3O2/c1-23(2,3)31-22(30)29-11-9-28(10-12-29)17-6-4-5-15(13-17)20-18-14-16(24)7-8-19(18)26-21(25)27-20;19-13-4-5-16-15(11-13)17(23-18(20)22-16)12-2-1-3-14(10-12)24-8-6-21-7-9-24;3-2(4,5)1(6)7/h4-8,13-14H,9-12H2,1-3H3;1-5,10-11,21H,6-9H2;(H,6,7). The van der Waals surface area contributed by atoms with Gasteiger partial charge in [0.1, 0.15) is 5.60 Å². The van der Waals surface area contributed by atoms with Gasteiger partial charge in [0.25, 0.3) is 0 Å². The van der Waals surface area contributed by atoms with Gasteiger partial charge in [-0.25, -0.2) is 29.5 Å². The second-order valence-corrected chi connectivity index (χ2v) is 16.6. The summed E-state index contributed by atoms with van der Waals surface area (Å²) >= 11 is 24.7. The summed E-state index contributed by atoms with van der Waals surface area (Å²) in [5.74, 6) is -2.76. The van der Waals surface area contributed by atoms with E-state index in [9.17, 15) is 18.0 Å². The first-order valence-corrected chi connectivity index (χ1v) is 20.8. The van der Waals surface area contributed by atoms with E-state index in [4.69, 9.17) is 61.0 Å². The largest absolute Gasteiger partial charge is 0.490 e. The van der Waals surface area contributed by atoms with Crippen molar-refractivity contribution < 1.29 is 32.6 Å². The van der Waals surface area contributed by atoms with Crippen LogP contribution in [0.3, 0.4) is 0 Å². The summed E-state index contributed by atoms with van der Waals surface area (Å²) in [6.45, 7) is 12.3. The molecule has 62 heavy (non-hydrogen) atoms. The molecule has 8 rings (SSSR count). The highest BCUT2D eigenvalue weighted by molar-refractivity contribution is 6.32. The maximum Gasteiger partial charge on any atom is 0.490 e. The topological polar surface area (TPSA) is 137 Å². The number of alkyl halides is 3. The summed E-state index contributed by atoms with van der Waals surface area (Å²) in [5, 5.41) is 14.0. The van der Waals surface area contributed by atoms with Crippen molar-refractivity contribution in [3.63, 3.8) is 0 Å². The van der Waals surface area contributed by atoms with Crippen molar-refractivity contribution in [1.82, 2.24) is 30.2 Å². The molecular formula is C43H41Cl4F3N8O4. The van der Waals surface area contributed by atoms with Gasteiger partial charge in [-0.15, -0.1) is 0 Å². The minimum absolute atomic E-state index is 0.196. The number of anilines is 2. The molecule has 19 heteroatoms. The van der Waals surface area contributed by atoms with Gasteiger partial charge in [0.05, 0.1) is 22.4 Å². The lowest BCUT2D eigenvalue weighted by Gasteiger charge is -2.36. The van der Waals surface area contributed by atoms with Gasteiger partial charge in [0.2, 0.25) is 10.6 Å². The number of amides is 1. The lowest BCUT2D eigenvalue weighted by Crippen LogP contribution is -2.50. The number of nitrogens with one attached hydrogen (secondary N) is 1. The van der Waals surface area contributed by atoms with Crippen molar-refractivity contribution in [1.29, 1.82) is 0 Å². The first kappa shape index (κ1) is 46.3. The zero-order valence-corrected chi connectivity index (χ0v) is 36.7. The van der Waals surface area contributed by atoms with Crippen molar-refractivity contribution in [2.75, 3.05) is 62.2 Å². The Hall–Kier alpha value is -5.19. The number of rotatable bonds is 4. The van der Waals surface area contributed by atoms with E-state index in [2.05, 4.69) is 65.4 Å². The van der Waals surface area contributed by atoms with Crippen LogP contribution in [0.2, 0.25) is 20.6 Å². The molecule has 1 amide bonds. The number of piperazine rings is 2. The van der Waals surface area contributed by atoms with E-state index in [0.717, 1.165) is 89.3 Å². The lowest BCUT2D eigenvalue weighted by atomic mass is 10.1. The number of nitrogens with zero attached hydrogens (tertiary/aromatic N) is 7. The minimum atomic E-state index is -5.08. The van der Waals surface area contributed by atoms with E-state index in [-0.39, 0.29) is 16.7 Å². The van der Waals surface area contributed by atoms with Gasteiger partial charge in [0.15, 0.2) is 0 Å². The molecule has 2 fully saturated rings. The molecule has 2 aliphatic heterocycles. The van der Waals surface area contributed by atoms with Crippen LogP contribution >= 0.6 is 46.4 Å². The number of benzene rings is 4. The van der Waals surface area contributed by atoms with Gasteiger partial charge in [-0.3, -0.25) is 0 Å². The molecule has 2 aromatic heterocycles. The maximum atomic E-state index is 12.3. The number of carbonyl (C=O) groups is 2. The average molecular weight is 933 g/mol. The Morgan fingerprint density at radius 3 is 1.50 bits per heavy atom. The third-order valence-electron chi connectivity index (χ3n) is 9.52. The number of aliphatic carboxylic acids is 1. The van der Waals surface area contributed by atoms with Crippen LogP contribution in [-0.2, 0) is 9.53 Å². The van der Waals surface area contributed by atoms with Crippen molar-refractivity contribution in [3.8, 4) is 22.5 Å². The van der Waals surface area contributed by atoms with E-state index in [1.807, 2.05) is 69.3 Å². The summed E-state index contributed by atoms with van der Waals surface area (Å²) in [6, 6.07) is 27.6. The number of fused-ring (bicyclic) bond motifs is 2. The van der Waals surface area contributed by atoms with Crippen molar-refractivity contribution in [2.45, 2.75) is 32.5 Å². The first-order chi connectivity index (χ1) is 29.3. The SMILES string of the molecule is CC(C)(C)OC(=O)N1CCN(c2cccc(-c3nc(Cl)nc4ccc(Cl)cc34)c2)CC1.Clc1ccc2nc(Cl)nc(-c3cccc(N4CCNCC4)c3)c2c1.O=C(O)C(F)(F)F. The molecule has 0 bridgehead atoms. The zero-order valence-electron chi connectivity index (χ0n) is 33.7. The van der Waals surface area contributed by atoms with Crippen LogP contribution < -0.4 is 15.1 Å². The molecule has 0 saturated carbocycles. The fourth-order valence-electron chi connectivity index (χ4n) is 6.68. The van der Waals surface area contributed by atoms with Crippen molar-refractivity contribution in [3.05, 3.63) is 106 Å². The van der Waals surface area contributed by atoms with Gasteiger partial charge < -0.3 is 29.9 Å². The Bertz CT molecular complexity index is 2570. The Labute approximate surface area is 375 Å². The second-order valence-electron chi connectivity index (χ2n) is 15.1. The Morgan fingerprint density at radius 2 is 1.08 bits per heavy atom. The number of hydrogen-bond acceptors (Lipinski definition) is 10. The molecule has 0 unspecified atom stereocenters. The van der Waals surface area contributed by atoms with Crippen LogP contribution in [0.5, 0.6) is 0 Å². The van der Waals surface area contributed by atoms with Crippen LogP contribution in [0.15, 0.2) is 84.9 Å². The predicted molar refractivity (Wildman–Crippen MR) is 239 cm³/mol. The summed E-state index contributed by atoms with van der Waals surface area (Å²) in [5.41, 5.74) is 6.80. The van der Waals surface area contributed by atoms with E-state index in [1.165, 1.54) is 5.69 Å². The number of ether oxygens (including phenoxy) is 1. The third-order valence-corrected chi connectivity index (χ3v) is 10.3. The average Bonchev–Trinajstić information content (AvgIpc) is 3.23. The summed E-state index contributed by atoms with van der Waals surface area (Å²) in [7, 11) is 0. The number of halogens is 7. The molecule has 12 nitrogen and oxygen atoms in total. The van der Waals surface area contributed by atoms with E-state index in [1.54, 1.807) is 11.0 Å². The van der Waals surface area contributed by atoms with Crippen LogP contribution in [0.25, 0.3) is 44.3 Å². The number of carboxylic acids is 1. The van der Waals surface area contributed by atoms with Gasteiger partial charge in [-0.05, 0) is 105 Å². The Morgan fingerprint density at radius 1 is 0.645 bits per heavy atom. The van der Waals surface area contributed by atoms with E-state index >= 15 is 0 Å². The molecule has 0 radical (unpaired) electrons. The number of carbonyl (C=O) groups excluding carboxylic acids is 1. The highest BCUT2D eigenvalue weighted by Gasteiger charge is 2.38. The van der Waals surface area contributed by atoms with E-state index in [0.29, 0.717) is 23.1 Å². The fraction of sp³-hybridized carbons (Fsp3) is 0.302. The molecule has 2 aliphatic rings. The quantitative estimate of drug-likeness (QED) is 0.164. The molecule has 4 heterocycles. The molecule has 2 N–H and O–H groups in total. The zero-order chi connectivity index (χ0) is 44.8. The predicted octanol–water partition coefficient (Wildman–Crippen LogP) is 10.3. The molecular weight excluding hydrogens is 891 g/mol. The van der Waals surface area contributed by atoms with Crippen molar-refractivity contribution >= 4 is 91.6 Å². The summed E-state index contributed by atoms with van der Waals surface area (Å²) in [4.78, 5) is 45.1. The van der Waals surface area contributed by atoms with Crippen LogP contribution in [0.4, 0.5) is 29.3 Å². The molecule has 6 aromatic rings. The van der Waals surface area contributed by atoms with Crippen LogP contribution in [0.1, 0.15) is 20.8 Å². The molecule has 0 atom stereocenters. The molecule has 0 spiro atoms. The molecule has 326 valence electrons. The van der Waals surface area contributed by atoms with Gasteiger partial charge in [-0.1, -0.05) is 47.5 Å². The Balaban J connectivity index is 0.000000183. The molecule has 2 saturated heterocycles. The minimum Gasteiger partial charge on any atom is -0.475 e. The number of carboxylic acid groups (broad SMARTS) is 1. The highest BCUT2D eigenvalue weighted by atomic mass is 35.5. The first-order valence-electron chi connectivity index (χ1n) is 19.3. The molecule has 4 aromatic carbocycles. The van der Waals surface area contributed by atoms with Gasteiger partial charge in [0, 0.05) is 95.7 Å². The van der Waals surface area contributed by atoms with E-state index < -0.39 is 17.7 Å². The van der Waals surface area contributed by atoms with Crippen molar-refractivity contribution in [2.24, 2.45) is 0 Å². The molecule has 0 aliphatic carbocycles. The highest BCUT2D eigenvalue weighted by Crippen LogP contribution is 2.33. The maximum absolute atomic E-state index is 12.3.